The third-order valence-corrected chi connectivity index (χ3v) is 5.35. The van der Waals surface area contributed by atoms with E-state index in [4.69, 9.17) is 5.73 Å². The highest BCUT2D eigenvalue weighted by atomic mass is 32.2. The number of nitrogen functional groups attached to an aromatic ring is 1. The Hall–Kier alpha value is -1.31. The fraction of sp³-hybridized carbons (Fsp3) is 0.571. The van der Waals surface area contributed by atoms with Crippen LogP contribution in [0.2, 0.25) is 0 Å². The van der Waals surface area contributed by atoms with E-state index in [1.165, 1.54) is 26.0 Å². The number of hydrogen-bond acceptors (Lipinski definition) is 5. The smallest absolute Gasteiger partial charge is 0.242 e. The molecule has 2 rings (SSSR count). The Balaban J connectivity index is 2.17. The molecule has 1 saturated heterocycles. The molecule has 0 radical (unpaired) electrons. The Morgan fingerprint density at radius 2 is 2.00 bits per heavy atom. The summed E-state index contributed by atoms with van der Waals surface area (Å²) in [4.78, 5) is 4.61. The molecule has 0 aromatic heterocycles. The zero-order valence-electron chi connectivity index (χ0n) is 12.7. The van der Waals surface area contributed by atoms with E-state index in [1.54, 1.807) is 12.1 Å². The van der Waals surface area contributed by atoms with E-state index < -0.39 is 10.0 Å². The molecule has 21 heavy (non-hydrogen) atoms. The van der Waals surface area contributed by atoms with Gasteiger partial charge in [-0.1, -0.05) is 0 Å². The van der Waals surface area contributed by atoms with Gasteiger partial charge in [0, 0.05) is 25.8 Å². The Labute approximate surface area is 127 Å². The van der Waals surface area contributed by atoms with Crippen LogP contribution < -0.4 is 15.4 Å². The Morgan fingerprint density at radius 1 is 1.33 bits per heavy atom. The van der Waals surface area contributed by atoms with Crippen molar-refractivity contribution < 1.29 is 8.42 Å². The van der Waals surface area contributed by atoms with E-state index in [9.17, 15) is 8.42 Å². The minimum absolute atomic E-state index is 0.230. The minimum atomic E-state index is -3.52. The molecular formula is C14H24N4O2S. The fourth-order valence-corrected chi connectivity index (χ4v) is 3.60. The Kier molecular flexibility index (Phi) is 5.08. The highest BCUT2D eigenvalue weighted by Gasteiger charge is 2.20. The molecule has 0 saturated carbocycles. The predicted molar refractivity (Wildman–Crippen MR) is 86.0 cm³/mol. The van der Waals surface area contributed by atoms with Gasteiger partial charge < -0.3 is 15.5 Å². The third-order valence-electron chi connectivity index (χ3n) is 3.90. The van der Waals surface area contributed by atoms with E-state index in [1.807, 2.05) is 11.9 Å². The SMILES string of the molecule is CNS(=O)(=O)c1cc(N)ccc1N(C)CCN1CCCC1. The lowest BCUT2D eigenvalue weighted by Crippen LogP contribution is -2.32. The van der Waals surface area contributed by atoms with Crippen LogP contribution in [0.25, 0.3) is 0 Å². The van der Waals surface area contributed by atoms with Crippen molar-refractivity contribution in [1.82, 2.24) is 9.62 Å². The van der Waals surface area contributed by atoms with E-state index in [0.29, 0.717) is 11.4 Å². The predicted octanol–water partition coefficient (Wildman–Crippen LogP) is 0.709. The molecule has 1 aliphatic heterocycles. The normalized spacial score (nSPS) is 16.3. The van der Waals surface area contributed by atoms with Gasteiger partial charge in [-0.05, 0) is 51.2 Å². The van der Waals surface area contributed by atoms with Crippen LogP contribution in [0, 0.1) is 0 Å². The summed E-state index contributed by atoms with van der Waals surface area (Å²) in [7, 11) is -0.197. The summed E-state index contributed by atoms with van der Waals surface area (Å²) in [5, 5.41) is 0. The molecule has 118 valence electrons. The lowest BCUT2D eigenvalue weighted by molar-refractivity contribution is 0.346. The number of likely N-dealkylation sites (tertiary alicyclic amines) is 1. The molecule has 0 amide bonds. The molecule has 3 N–H and O–H groups in total. The number of hydrogen-bond donors (Lipinski definition) is 2. The molecule has 6 nitrogen and oxygen atoms in total. The summed E-state index contributed by atoms with van der Waals surface area (Å²) in [6.07, 6.45) is 2.51. The molecule has 0 bridgehead atoms. The Bertz CT molecular complexity index is 583. The number of benzene rings is 1. The van der Waals surface area contributed by atoms with Crippen molar-refractivity contribution in [2.75, 3.05) is 50.9 Å². The quantitative estimate of drug-likeness (QED) is 0.756. The molecule has 0 unspecified atom stereocenters. The summed E-state index contributed by atoms with van der Waals surface area (Å²) < 4.78 is 26.6. The van der Waals surface area contributed by atoms with Gasteiger partial charge in [0.2, 0.25) is 10.0 Å². The molecule has 7 heteroatoms. The van der Waals surface area contributed by atoms with Crippen LogP contribution in [0.3, 0.4) is 0 Å². The first kappa shape index (κ1) is 16.1. The van der Waals surface area contributed by atoms with Crippen molar-refractivity contribution in [3.8, 4) is 0 Å². The molecule has 1 aromatic rings. The molecule has 0 aliphatic carbocycles. The average molecular weight is 312 g/mol. The minimum Gasteiger partial charge on any atom is -0.399 e. The number of anilines is 2. The zero-order chi connectivity index (χ0) is 15.5. The van der Waals surface area contributed by atoms with Crippen LogP contribution in [-0.4, -0.2) is 53.6 Å². The first-order valence-electron chi connectivity index (χ1n) is 7.20. The first-order chi connectivity index (χ1) is 9.94. The number of nitrogens with two attached hydrogens (primary N) is 1. The maximum Gasteiger partial charge on any atom is 0.242 e. The molecule has 1 heterocycles. The average Bonchev–Trinajstić information content (AvgIpc) is 2.98. The summed E-state index contributed by atoms with van der Waals surface area (Å²) in [5.41, 5.74) is 6.86. The van der Waals surface area contributed by atoms with E-state index >= 15 is 0 Å². The van der Waals surface area contributed by atoms with Crippen LogP contribution in [0.1, 0.15) is 12.8 Å². The standard InChI is InChI=1S/C14H24N4O2S/c1-16-21(19,20)14-11-12(15)5-6-13(14)17(2)9-10-18-7-3-4-8-18/h5-6,11,16H,3-4,7-10,15H2,1-2H3. The van der Waals surface area contributed by atoms with Crippen LogP contribution in [-0.2, 0) is 10.0 Å². The lowest BCUT2D eigenvalue weighted by Gasteiger charge is -2.25. The van der Waals surface area contributed by atoms with Gasteiger partial charge >= 0.3 is 0 Å². The van der Waals surface area contributed by atoms with Crippen LogP contribution in [0.15, 0.2) is 23.1 Å². The van der Waals surface area contributed by atoms with Crippen molar-refractivity contribution in [2.45, 2.75) is 17.7 Å². The van der Waals surface area contributed by atoms with Crippen molar-refractivity contribution in [2.24, 2.45) is 0 Å². The molecule has 1 fully saturated rings. The number of sulfonamides is 1. The van der Waals surface area contributed by atoms with Crippen LogP contribution >= 0.6 is 0 Å². The molecular weight excluding hydrogens is 288 g/mol. The van der Waals surface area contributed by atoms with Gasteiger partial charge in [-0.3, -0.25) is 0 Å². The van der Waals surface area contributed by atoms with Crippen LogP contribution in [0.4, 0.5) is 11.4 Å². The second-order valence-electron chi connectivity index (χ2n) is 5.41. The number of nitrogens with one attached hydrogen (secondary N) is 1. The second kappa shape index (κ2) is 6.64. The summed E-state index contributed by atoms with van der Waals surface area (Å²) in [6.45, 7) is 4.00. The van der Waals surface area contributed by atoms with Crippen molar-refractivity contribution in [1.29, 1.82) is 0 Å². The van der Waals surface area contributed by atoms with Gasteiger partial charge in [0.25, 0.3) is 0 Å². The maximum absolute atomic E-state index is 12.1. The van der Waals surface area contributed by atoms with E-state index in [2.05, 4.69) is 9.62 Å². The molecule has 0 spiro atoms. The number of rotatable bonds is 6. The lowest BCUT2D eigenvalue weighted by atomic mass is 10.2. The summed E-state index contributed by atoms with van der Waals surface area (Å²) in [5.74, 6) is 0. The van der Waals surface area contributed by atoms with Gasteiger partial charge in [0.05, 0.1) is 5.69 Å². The molecule has 1 aliphatic rings. The van der Waals surface area contributed by atoms with Gasteiger partial charge in [-0.25, -0.2) is 13.1 Å². The van der Waals surface area contributed by atoms with Gasteiger partial charge in [0.1, 0.15) is 4.90 Å². The highest BCUT2D eigenvalue weighted by molar-refractivity contribution is 7.89. The zero-order valence-corrected chi connectivity index (χ0v) is 13.5. The largest absolute Gasteiger partial charge is 0.399 e. The fourth-order valence-electron chi connectivity index (χ4n) is 2.59. The Morgan fingerprint density at radius 3 is 2.62 bits per heavy atom. The van der Waals surface area contributed by atoms with E-state index in [0.717, 1.165) is 26.2 Å². The van der Waals surface area contributed by atoms with E-state index in [-0.39, 0.29) is 4.90 Å². The van der Waals surface area contributed by atoms with Gasteiger partial charge in [-0.15, -0.1) is 0 Å². The second-order valence-corrected chi connectivity index (χ2v) is 7.26. The highest BCUT2D eigenvalue weighted by Crippen LogP contribution is 2.26. The number of likely N-dealkylation sites (N-methyl/N-ethyl adjacent to an activating group) is 1. The molecule has 0 atom stereocenters. The van der Waals surface area contributed by atoms with Gasteiger partial charge in [-0.2, -0.15) is 0 Å². The summed E-state index contributed by atoms with van der Waals surface area (Å²) >= 11 is 0. The topological polar surface area (TPSA) is 78.7 Å². The van der Waals surface area contributed by atoms with Gasteiger partial charge in [0.15, 0.2) is 0 Å². The van der Waals surface area contributed by atoms with Crippen LogP contribution in [0.5, 0.6) is 0 Å². The van der Waals surface area contributed by atoms with Crippen molar-refractivity contribution in [3.05, 3.63) is 18.2 Å². The van der Waals surface area contributed by atoms with Crippen molar-refractivity contribution in [3.63, 3.8) is 0 Å². The maximum atomic E-state index is 12.1. The summed E-state index contributed by atoms with van der Waals surface area (Å²) in [6, 6.07) is 5.01. The van der Waals surface area contributed by atoms with Crippen molar-refractivity contribution >= 4 is 21.4 Å². The first-order valence-corrected chi connectivity index (χ1v) is 8.69. The molecule has 1 aromatic carbocycles. The third kappa shape index (κ3) is 3.87. The monoisotopic (exact) mass is 312 g/mol. The number of nitrogens with zero attached hydrogens (tertiary/aromatic N) is 2.